The normalized spacial score (nSPS) is 12.0. The minimum Gasteiger partial charge on any atom is -0.497 e. The summed E-state index contributed by atoms with van der Waals surface area (Å²) in [5, 5.41) is 12.1. The topological polar surface area (TPSA) is 137 Å². The van der Waals surface area contributed by atoms with E-state index in [1.807, 2.05) is 0 Å². The predicted octanol–water partition coefficient (Wildman–Crippen LogP) is 3.32. The minimum atomic E-state index is -2.24. The molecule has 0 aromatic heterocycles. The molecule has 1 amide bonds. The monoisotopic (exact) mass is 511 g/mol. The number of carbonyl (C=O) groups excluding carboxylic acids is 3. The third-order valence-electron chi connectivity index (χ3n) is 4.97. The molecule has 2 atom stereocenters. The van der Waals surface area contributed by atoms with E-state index in [9.17, 15) is 28.7 Å². The zero-order valence-corrected chi connectivity index (χ0v) is 19.7. The van der Waals surface area contributed by atoms with Crippen LogP contribution < -0.4 is 14.8 Å². The van der Waals surface area contributed by atoms with Crippen molar-refractivity contribution in [1.29, 1.82) is 0 Å². The van der Waals surface area contributed by atoms with Crippen molar-refractivity contribution in [1.82, 2.24) is 0 Å². The number of ether oxygens (including phenoxy) is 4. The van der Waals surface area contributed by atoms with E-state index in [4.69, 9.17) is 18.9 Å². The van der Waals surface area contributed by atoms with Crippen LogP contribution in [-0.2, 0) is 19.1 Å². The number of amides is 1. The van der Waals surface area contributed by atoms with Crippen molar-refractivity contribution in [3.8, 4) is 11.5 Å². The van der Waals surface area contributed by atoms with Crippen LogP contribution in [0.25, 0.3) is 0 Å². The van der Waals surface area contributed by atoms with E-state index in [0.717, 1.165) is 12.1 Å². The Labute approximate surface area is 210 Å². The number of nitrogens with one attached hydrogen (secondary N) is 1. The molecule has 0 aliphatic rings. The van der Waals surface area contributed by atoms with Crippen LogP contribution in [0.4, 0.5) is 10.1 Å². The van der Waals surface area contributed by atoms with Crippen molar-refractivity contribution >= 4 is 29.5 Å². The Bertz CT molecular complexity index is 1290. The Morgan fingerprint density at radius 1 is 0.757 bits per heavy atom. The molecule has 37 heavy (non-hydrogen) atoms. The van der Waals surface area contributed by atoms with Gasteiger partial charge >= 0.3 is 17.9 Å². The first-order valence-corrected chi connectivity index (χ1v) is 10.7. The van der Waals surface area contributed by atoms with E-state index >= 15 is 0 Å². The Morgan fingerprint density at radius 2 is 1.24 bits per heavy atom. The predicted molar refractivity (Wildman–Crippen MR) is 127 cm³/mol. The van der Waals surface area contributed by atoms with Gasteiger partial charge in [-0.3, -0.25) is 4.79 Å². The zero-order chi connectivity index (χ0) is 26.9. The summed E-state index contributed by atoms with van der Waals surface area (Å²) in [6.45, 7) is 0. The van der Waals surface area contributed by atoms with Gasteiger partial charge in [0.2, 0.25) is 12.2 Å². The van der Waals surface area contributed by atoms with Crippen LogP contribution in [-0.4, -0.2) is 55.3 Å². The molecule has 0 unspecified atom stereocenters. The highest BCUT2D eigenvalue weighted by Gasteiger charge is 2.41. The Morgan fingerprint density at radius 3 is 1.70 bits per heavy atom. The third kappa shape index (κ3) is 7.04. The van der Waals surface area contributed by atoms with Gasteiger partial charge in [-0.1, -0.05) is 12.1 Å². The molecule has 11 heteroatoms. The number of halogens is 1. The van der Waals surface area contributed by atoms with Crippen molar-refractivity contribution in [3.05, 3.63) is 89.7 Å². The molecule has 0 heterocycles. The van der Waals surface area contributed by atoms with Gasteiger partial charge in [0.05, 0.1) is 25.3 Å². The number of carboxylic acid groups (broad SMARTS) is 1. The summed E-state index contributed by atoms with van der Waals surface area (Å²) in [5.41, 5.74) is -0.0401. The molecule has 0 saturated heterocycles. The van der Waals surface area contributed by atoms with E-state index in [-0.39, 0.29) is 16.8 Å². The fourth-order valence-corrected chi connectivity index (χ4v) is 3.11. The van der Waals surface area contributed by atoms with Crippen molar-refractivity contribution in [2.45, 2.75) is 12.2 Å². The number of benzene rings is 3. The second-order valence-electron chi connectivity index (χ2n) is 7.45. The average molecular weight is 511 g/mol. The van der Waals surface area contributed by atoms with Gasteiger partial charge < -0.3 is 29.4 Å². The molecule has 0 fully saturated rings. The van der Waals surface area contributed by atoms with Gasteiger partial charge in [0.1, 0.15) is 17.3 Å². The molecule has 0 radical (unpaired) electrons. The van der Waals surface area contributed by atoms with E-state index in [1.165, 1.54) is 62.8 Å². The molecule has 0 bridgehead atoms. The number of rotatable bonds is 10. The van der Waals surface area contributed by atoms with Crippen LogP contribution in [0.2, 0.25) is 0 Å². The van der Waals surface area contributed by atoms with Gasteiger partial charge in [0.15, 0.2) is 0 Å². The van der Waals surface area contributed by atoms with Crippen LogP contribution in [0.3, 0.4) is 0 Å². The summed E-state index contributed by atoms with van der Waals surface area (Å²) in [7, 11) is 2.75. The molecule has 2 N–H and O–H groups in total. The molecule has 0 aliphatic carbocycles. The maximum Gasteiger partial charge on any atom is 0.349 e. The molecule has 3 rings (SSSR count). The molecular formula is C26H22FNO9. The van der Waals surface area contributed by atoms with Gasteiger partial charge in [-0.2, -0.15) is 0 Å². The fourth-order valence-electron chi connectivity index (χ4n) is 3.11. The lowest BCUT2D eigenvalue weighted by Crippen LogP contribution is -2.48. The standard InChI is InChI=1S/C26H22FNO9/c1-34-19-7-3-5-15(13-19)25(32)36-21(23(29)28-18-11-9-17(27)10-12-18)22(24(30)31)37-26(33)16-6-4-8-20(14-16)35-2/h3-14,21-22H,1-2H3,(H,28,29)(H,30,31)/t21-,22-/m0/s1. The van der Waals surface area contributed by atoms with Gasteiger partial charge in [0.25, 0.3) is 5.91 Å². The Hall–Kier alpha value is -4.93. The van der Waals surface area contributed by atoms with E-state index in [2.05, 4.69) is 5.32 Å². The maximum absolute atomic E-state index is 13.3. The minimum absolute atomic E-state index is 0.0535. The lowest BCUT2D eigenvalue weighted by atomic mass is 10.1. The van der Waals surface area contributed by atoms with Crippen LogP contribution in [0.5, 0.6) is 11.5 Å². The van der Waals surface area contributed by atoms with Crippen molar-refractivity contribution in [3.63, 3.8) is 0 Å². The lowest BCUT2D eigenvalue weighted by Gasteiger charge is -2.23. The number of methoxy groups -OCH3 is 2. The number of carboxylic acids is 1. The molecule has 0 spiro atoms. The molecule has 3 aromatic rings. The van der Waals surface area contributed by atoms with Crippen molar-refractivity contribution < 1.29 is 47.6 Å². The first-order valence-electron chi connectivity index (χ1n) is 10.7. The number of esters is 2. The van der Waals surface area contributed by atoms with Gasteiger partial charge in [-0.25, -0.2) is 18.8 Å². The highest BCUT2D eigenvalue weighted by molar-refractivity contribution is 6.01. The summed E-state index contributed by atoms with van der Waals surface area (Å²) in [4.78, 5) is 50.7. The van der Waals surface area contributed by atoms with Crippen LogP contribution in [0, 0.1) is 5.82 Å². The summed E-state index contributed by atoms with van der Waals surface area (Å²) < 4.78 is 33.7. The first kappa shape index (κ1) is 26.7. The van der Waals surface area contributed by atoms with E-state index in [0.29, 0.717) is 11.5 Å². The maximum atomic E-state index is 13.3. The molecule has 0 saturated carbocycles. The number of anilines is 1. The molecule has 192 valence electrons. The van der Waals surface area contributed by atoms with Crippen LogP contribution in [0.1, 0.15) is 20.7 Å². The summed E-state index contributed by atoms with van der Waals surface area (Å²) in [5.74, 6) is -5.04. The van der Waals surface area contributed by atoms with Crippen LogP contribution in [0.15, 0.2) is 72.8 Å². The average Bonchev–Trinajstić information content (AvgIpc) is 2.91. The first-order chi connectivity index (χ1) is 17.7. The second kappa shape index (κ2) is 12.2. The van der Waals surface area contributed by atoms with E-state index < -0.39 is 41.8 Å². The van der Waals surface area contributed by atoms with Crippen molar-refractivity contribution in [2.75, 3.05) is 19.5 Å². The van der Waals surface area contributed by atoms with Crippen molar-refractivity contribution in [2.24, 2.45) is 0 Å². The molecule has 10 nitrogen and oxygen atoms in total. The number of carbonyl (C=O) groups is 4. The highest BCUT2D eigenvalue weighted by atomic mass is 19.1. The fraction of sp³-hybridized carbons (Fsp3) is 0.154. The third-order valence-corrected chi connectivity index (χ3v) is 4.97. The summed E-state index contributed by atoms with van der Waals surface area (Å²) in [6, 6.07) is 16.0. The van der Waals surface area contributed by atoms with Gasteiger partial charge in [0, 0.05) is 5.69 Å². The number of hydrogen-bond acceptors (Lipinski definition) is 8. The molecule has 3 aromatic carbocycles. The lowest BCUT2D eigenvalue weighted by molar-refractivity contribution is -0.157. The quantitative estimate of drug-likeness (QED) is 0.393. The zero-order valence-electron chi connectivity index (χ0n) is 19.7. The van der Waals surface area contributed by atoms with E-state index in [1.54, 1.807) is 12.1 Å². The van der Waals surface area contributed by atoms with Gasteiger partial charge in [-0.05, 0) is 60.7 Å². The smallest absolute Gasteiger partial charge is 0.349 e. The number of aliphatic carboxylic acids is 1. The SMILES string of the molecule is COc1cccc(C(=O)O[C@H](C(=O)O)[C@H](OC(=O)c2cccc(OC)c2)C(=O)Nc2ccc(F)cc2)c1. The Balaban J connectivity index is 1.92. The molecule has 0 aliphatic heterocycles. The Kier molecular flexibility index (Phi) is 8.76. The van der Waals surface area contributed by atoms with Crippen LogP contribution >= 0.6 is 0 Å². The highest BCUT2D eigenvalue weighted by Crippen LogP contribution is 2.20. The number of hydrogen-bond donors (Lipinski definition) is 2. The second-order valence-corrected chi connectivity index (χ2v) is 7.45. The molecular weight excluding hydrogens is 489 g/mol. The summed E-state index contributed by atoms with van der Waals surface area (Å²) in [6.07, 6.45) is -4.37. The summed E-state index contributed by atoms with van der Waals surface area (Å²) >= 11 is 0. The largest absolute Gasteiger partial charge is 0.497 e. The van der Waals surface area contributed by atoms with Gasteiger partial charge in [-0.15, -0.1) is 0 Å².